The summed E-state index contributed by atoms with van der Waals surface area (Å²) in [6.45, 7) is 6.25. The van der Waals surface area contributed by atoms with E-state index in [0.717, 1.165) is 10.0 Å². The first-order valence-electron chi connectivity index (χ1n) is 6.43. The number of hydrogen-bond acceptors (Lipinski definition) is 3. The molecule has 1 aromatic carbocycles. The molecule has 0 aliphatic carbocycles. The number of rotatable bonds is 3. The van der Waals surface area contributed by atoms with Crippen molar-refractivity contribution in [3.8, 4) is 0 Å². The van der Waals surface area contributed by atoms with E-state index in [4.69, 9.17) is 0 Å². The number of aromatic nitrogens is 1. The quantitative estimate of drug-likeness (QED) is 0.892. The van der Waals surface area contributed by atoms with Gasteiger partial charge in [-0.15, -0.1) is 0 Å². The SMILES string of the molecule is CC(C)(C)c1ccc(S(=O)(=O)Nc2ccc(Br)cn2)cc1. The molecule has 0 aliphatic heterocycles. The second kappa shape index (κ2) is 5.77. The first-order chi connectivity index (χ1) is 9.68. The maximum Gasteiger partial charge on any atom is 0.263 e. The number of benzene rings is 1. The predicted molar refractivity (Wildman–Crippen MR) is 87.9 cm³/mol. The van der Waals surface area contributed by atoms with Crippen LogP contribution in [0.2, 0.25) is 0 Å². The molecule has 112 valence electrons. The van der Waals surface area contributed by atoms with E-state index < -0.39 is 10.0 Å². The highest BCUT2D eigenvalue weighted by Crippen LogP contribution is 2.24. The molecule has 2 rings (SSSR count). The van der Waals surface area contributed by atoms with Gasteiger partial charge in [0.1, 0.15) is 5.82 Å². The van der Waals surface area contributed by atoms with Crippen LogP contribution in [0, 0.1) is 0 Å². The third kappa shape index (κ3) is 4.04. The minimum atomic E-state index is -3.62. The molecule has 0 amide bonds. The summed E-state index contributed by atoms with van der Waals surface area (Å²) in [6.07, 6.45) is 1.54. The second-order valence-corrected chi connectivity index (χ2v) is 8.34. The summed E-state index contributed by atoms with van der Waals surface area (Å²) in [5.74, 6) is 0.290. The molecule has 1 aromatic heterocycles. The Hall–Kier alpha value is -1.40. The Labute approximate surface area is 133 Å². The van der Waals surface area contributed by atoms with Crippen LogP contribution in [-0.4, -0.2) is 13.4 Å². The van der Waals surface area contributed by atoms with Crippen molar-refractivity contribution in [3.63, 3.8) is 0 Å². The maximum atomic E-state index is 12.3. The van der Waals surface area contributed by atoms with Crippen LogP contribution in [0.1, 0.15) is 26.3 Å². The van der Waals surface area contributed by atoms with E-state index in [2.05, 4.69) is 46.4 Å². The van der Waals surface area contributed by atoms with Crippen molar-refractivity contribution in [1.82, 2.24) is 4.98 Å². The summed E-state index contributed by atoms with van der Waals surface area (Å²) < 4.78 is 27.8. The molecule has 4 nitrogen and oxygen atoms in total. The summed E-state index contributed by atoms with van der Waals surface area (Å²) in [6, 6.07) is 10.2. The largest absolute Gasteiger partial charge is 0.263 e. The minimum Gasteiger partial charge on any atom is -0.263 e. The highest BCUT2D eigenvalue weighted by atomic mass is 79.9. The van der Waals surface area contributed by atoms with Gasteiger partial charge in [0.05, 0.1) is 4.90 Å². The van der Waals surface area contributed by atoms with Crippen LogP contribution in [0.3, 0.4) is 0 Å². The van der Waals surface area contributed by atoms with Gasteiger partial charge in [-0.1, -0.05) is 32.9 Å². The van der Waals surface area contributed by atoms with Gasteiger partial charge in [-0.25, -0.2) is 13.4 Å². The van der Waals surface area contributed by atoms with E-state index in [1.165, 1.54) is 0 Å². The summed E-state index contributed by atoms with van der Waals surface area (Å²) >= 11 is 3.26. The summed E-state index contributed by atoms with van der Waals surface area (Å²) in [4.78, 5) is 4.23. The fraction of sp³-hybridized carbons (Fsp3) is 0.267. The zero-order valence-corrected chi connectivity index (χ0v) is 14.5. The molecule has 0 saturated heterocycles. The molecule has 0 unspecified atom stereocenters. The van der Waals surface area contributed by atoms with Crippen molar-refractivity contribution in [2.75, 3.05) is 4.72 Å². The zero-order chi connectivity index (χ0) is 15.7. The second-order valence-electron chi connectivity index (χ2n) is 5.74. The van der Waals surface area contributed by atoms with Gasteiger partial charge in [0.15, 0.2) is 0 Å². The molecule has 0 radical (unpaired) electrons. The van der Waals surface area contributed by atoms with Gasteiger partial charge >= 0.3 is 0 Å². The third-order valence-corrected chi connectivity index (χ3v) is 4.84. The molecule has 1 heterocycles. The lowest BCUT2D eigenvalue weighted by Gasteiger charge is -2.19. The van der Waals surface area contributed by atoms with E-state index in [-0.39, 0.29) is 16.1 Å². The Bertz CT molecular complexity index is 718. The Balaban J connectivity index is 2.25. The van der Waals surface area contributed by atoms with Gasteiger partial charge in [0.2, 0.25) is 0 Å². The number of nitrogens with one attached hydrogen (secondary N) is 1. The number of pyridine rings is 1. The average Bonchev–Trinajstić information content (AvgIpc) is 2.40. The van der Waals surface area contributed by atoms with Crippen molar-refractivity contribution in [2.24, 2.45) is 0 Å². The van der Waals surface area contributed by atoms with Crippen LogP contribution in [-0.2, 0) is 15.4 Å². The van der Waals surface area contributed by atoms with E-state index in [1.807, 2.05) is 12.1 Å². The van der Waals surface area contributed by atoms with Crippen molar-refractivity contribution >= 4 is 31.8 Å². The molecule has 2 aromatic rings. The van der Waals surface area contributed by atoms with Gasteiger partial charge < -0.3 is 0 Å². The molecule has 6 heteroatoms. The van der Waals surface area contributed by atoms with Crippen LogP contribution in [0.25, 0.3) is 0 Å². The number of hydrogen-bond donors (Lipinski definition) is 1. The van der Waals surface area contributed by atoms with Crippen molar-refractivity contribution in [1.29, 1.82) is 0 Å². The van der Waals surface area contributed by atoms with Crippen LogP contribution in [0.5, 0.6) is 0 Å². The van der Waals surface area contributed by atoms with Crippen LogP contribution in [0.4, 0.5) is 5.82 Å². The molecule has 0 fully saturated rings. The van der Waals surface area contributed by atoms with Crippen LogP contribution in [0.15, 0.2) is 52.0 Å². The lowest BCUT2D eigenvalue weighted by Crippen LogP contribution is -2.15. The molecule has 0 saturated carbocycles. The van der Waals surface area contributed by atoms with E-state index in [1.54, 1.807) is 30.5 Å². The smallest absolute Gasteiger partial charge is 0.263 e. The molecule has 21 heavy (non-hydrogen) atoms. The number of halogens is 1. The standard InChI is InChI=1S/C15H17BrN2O2S/c1-15(2,3)11-4-7-13(8-5-11)21(19,20)18-14-9-6-12(16)10-17-14/h4-10H,1-3H3,(H,17,18). The number of nitrogens with zero attached hydrogens (tertiary/aromatic N) is 1. The van der Waals surface area contributed by atoms with E-state index in [0.29, 0.717) is 0 Å². The molecule has 1 N–H and O–H groups in total. The Morgan fingerprint density at radius 2 is 1.67 bits per heavy atom. The summed E-state index contributed by atoms with van der Waals surface area (Å²) in [5.41, 5.74) is 1.08. The molecular formula is C15H17BrN2O2S. The van der Waals surface area contributed by atoms with E-state index >= 15 is 0 Å². The normalized spacial score (nSPS) is 12.2. The Morgan fingerprint density at radius 1 is 1.05 bits per heavy atom. The summed E-state index contributed by atoms with van der Waals surface area (Å²) in [7, 11) is -3.62. The van der Waals surface area contributed by atoms with Gasteiger partial charge in [-0.3, -0.25) is 4.72 Å². The predicted octanol–water partition coefficient (Wildman–Crippen LogP) is 3.94. The molecule has 0 bridgehead atoms. The highest BCUT2D eigenvalue weighted by Gasteiger charge is 2.17. The molecule has 0 atom stereocenters. The first kappa shape index (κ1) is 16.0. The lowest BCUT2D eigenvalue weighted by molar-refractivity contribution is 0.587. The van der Waals surface area contributed by atoms with Gasteiger partial charge in [-0.2, -0.15) is 0 Å². The molecule has 0 spiro atoms. The maximum absolute atomic E-state index is 12.3. The highest BCUT2D eigenvalue weighted by molar-refractivity contribution is 9.10. The van der Waals surface area contributed by atoms with E-state index in [9.17, 15) is 8.42 Å². The van der Waals surface area contributed by atoms with Gasteiger partial charge in [-0.05, 0) is 51.2 Å². The van der Waals surface area contributed by atoms with Crippen LogP contribution >= 0.6 is 15.9 Å². The average molecular weight is 369 g/mol. The zero-order valence-electron chi connectivity index (χ0n) is 12.1. The third-order valence-electron chi connectivity index (χ3n) is 3.00. The number of sulfonamides is 1. The monoisotopic (exact) mass is 368 g/mol. The van der Waals surface area contributed by atoms with Crippen molar-refractivity contribution in [2.45, 2.75) is 31.1 Å². The van der Waals surface area contributed by atoms with Crippen molar-refractivity contribution < 1.29 is 8.42 Å². The Morgan fingerprint density at radius 3 is 2.14 bits per heavy atom. The lowest BCUT2D eigenvalue weighted by atomic mass is 9.87. The van der Waals surface area contributed by atoms with Crippen LogP contribution < -0.4 is 4.72 Å². The number of anilines is 1. The summed E-state index contributed by atoms with van der Waals surface area (Å²) in [5, 5.41) is 0. The fourth-order valence-electron chi connectivity index (χ4n) is 1.77. The van der Waals surface area contributed by atoms with Gasteiger partial charge in [0, 0.05) is 10.7 Å². The first-order valence-corrected chi connectivity index (χ1v) is 8.71. The van der Waals surface area contributed by atoms with Gasteiger partial charge in [0.25, 0.3) is 10.0 Å². The van der Waals surface area contributed by atoms with Crippen molar-refractivity contribution in [3.05, 3.63) is 52.6 Å². The Kier molecular flexibility index (Phi) is 4.39. The minimum absolute atomic E-state index is 0.0109. The molecule has 0 aliphatic rings. The molecular weight excluding hydrogens is 352 g/mol. The fourth-order valence-corrected chi connectivity index (χ4v) is 3.01. The topological polar surface area (TPSA) is 59.1 Å².